The fraction of sp³-hybridized carbons (Fsp3) is 0.235. The Kier molecular flexibility index (Phi) is 5.48. The third-order valence-corrected chi connectivity index (χ3v) is 6.71. The highest BCUT2D eigenvalue weighted by Crippen LogP contribution is 2.21. The molecule has 0 bridgehead atoms. The number of halogens is 2. The van der Waals surface area contributed by atoms with Gasteiger partial charge in [0.25, 0.3) is 5.91 Å². The summed E-state index contributed by atoms with van der Waals surface area (Å²) in [4.78, 5) is 14.4. The molecule has 3 rings (SSSR count). The van der Waals surface area contributed by atoms with Gasteiger partial charge in [-0.25, -0.2) is 8.42 Å². The first kappa shape index (κ1) is 18.4. The first-order valence-corrected chi connectivity index (χ1v) is 10.3. The molecule has 1 aliphatic heterocycles. The maximum Gasteiger partial charge on any atom is 0.253 e. The molecule has 0 spiro atoms. The van der Waals surface area contributed by atoms with E-state index in [1.807, 2.05) is 12.1 Å². The second kappa shape index (κ2) is 7.45. The van der Waals surface area contributed by atoms with E-state index >= 15 is 0 Å². The minimum Gasteiger partial charge on any atom is -0.336 e. The number of nitrogens with zero attached hydrogens (tertiary/aromatic N) is 2. The first-order valence-electron chi connectivity index (χ1n) is 7.68. The van der Waals surface area contributed by atoms with Gasteiger partial charge in [0.1, 0.15) is 0 Å². The van der Waals surface area contributed by atoms with Gasteiger partial charge in [-0.3, -0.25) is 4.79 Å². The normalized spacial score (nSPS) is 16.0. The summed E-state index contributed by atoms with van der Waals surface area (Å²) in [6.07, 6.45) is 0. The van der Waals surface area contributed by atoms with E-state index in [-0.39, 0.29) is 23.9 Å². The highest BCUT2D eigenvalue weighted by atomic mass is 79.9. The van der Waals surface area contributed by atoms with Crippen molar-refractivity contribution in [3.05, 3.63) is 63.6 Å². The summed E-state index contributed by atoms with van der Waals surface area (Å²) in [6, 6.07) is 13.3. The molecule has 2 aromatic carbocycles. The molecule has 0 saturated carbocycles. The third-order valence-electron chi connectivity index (χ3n) is 4.05. The predicted octanol–water partition coefficient (Wildman–Crippen LogP) is 3.25. The average molecular weight is 444 g/mol. The van der Waals surface area contributed by atoms with Crippen LogP contribution in [0.25, 0.3) is 0 Å². The Morgan fingerprint density at radius 1 is 1.00 bits per heavy atom. The summed E-state index contributed by atoms with van der Waals surface area (Å²) in [7, 11) is -3.60. The number of hydrogen-bond acceptors (Lipinski definition) is 3. The van der Waals surface area contributed by atoms with Crippen LogP contribution in [0.5, 0.6) is 0 Å². The summed E-state index contributed by atoms with van der Waals surface area (Å²) in [5.74, 6) is -0.0905. The number of carbonyl (C=O) groups excluding carboxylic acids is 1. The van der Waals surface area contributed by atoms with E-state index in [9.17, 15) is 13.2 Å². The predicted molar refractivity (Wildman–Crippen MR) is 100 cm³/mol. The van der Waals surface area contributed by atoms with Crippen LogP contribution >= 0.6 is 27.5 Å². The maximum absolute atomic E-state index is 12.7. The van der Waals surface area contributed by atoms with E-state index in [0.717, 1.165) is 4.47 Å². The third kappa shape index (κ3) is 4.06. The lowest BCUT2D eigenvalue weighted by atomic mass is 10.2. The number of rotatable bonds is 3. The number of carbonyl (C=O) groups is 1. The fourth-order valence-corrected chi connectivity index (χ4v) is 4.67. The van der Waals surface area contributed by atoms with Gasteiger partial charge in [0.2, 0.25) is 10.0 Å². The van der Waals surface area contributed by atoms with Gasteiger partial charge >= 0.3 is 0 Å². The summed E-state index contributed by atoms with van der Waals surface area (Å²) in [6.45, 7) is 1.23. The molecule has 1 saturated heterocycles. The van der Waals surface area contributed by atoms with Gasteiger partial charge in [0, 0.05) is 41.2 Å². The topological polar surface area (TPSA) is 57.7 Å². The van der Waals surface area contributed by atoms with Crippen molar-refractivity contribution in [1.29, 1.82) is 0 Å². The summed E-state index contributed by atoms with van der Waals surface area (Å²) in [5.41, 5.74) is 0.592. The van der Waals surface area contributed by atoms with Gasteiger partial charge < -0.3 is 4.90 Å². The van der Waals surface area contributed by atoms with Crippen molar-refractivity contribution in [3.8, 4) is 0 Å². The average Bonchev–Trinajstić information content (AvgIpc) is 2.62. The number of benzene rings is 2. The lowest BCUT2D eigenvalue weighted by Crippen LogP contribution is -2.50. The van der Waals surface area contributed by atoms with Gasteiger partial charge in [-0.2, -0.15) is 4.31 Å². The van der Waals surface area contributed by atoms with E-state index in [2.05, 4.69) is 15.9 Å². The Morgan fingerprint density at radius 3 is 2.24 bits per heavy atom. The highest BCUT2D eigenvalue weighted by Gasteiger charge is 2.30. The zero-order valence-electron chi connectivity index (χ0n) is 13.2. The molecule has 0 aliphatic carbocycles. The van der Waals surface area contributed by atoms with Crippen LogP contribution in [0.15, 0.2) is 57.9 Å². The molecule has 0 N–H and O–H groups in total. The molecule has 0 aromatic heterocycles. The SMILES string of the molecule is O=C(c1ccc(Br)cc1)N1CCN(S(=O)(=O)c2cccc(Cl)c2)CC1. The van der Waals surface area contributed by atoms with E-state index in [1.165, 1.54) is 16.4 Å². The van der Waals surface area contributed by atoms with Gasteiger partial charge in [-0.1, -0.05) is 33.6 Å². The second-order valence-corrected chi connectivity index (χ2v) is 8.95. The zero-order chi connectivity index (χ0) is 18.0. The van der Waals surface area contributed by atoms with Crippen molar-refractivity contribution < 1.29 is 13.2 Å². The Labute approximate surface area is 160 Å². The van der Waals surface area contributed by atoms with Crippen molar-refractivity contribution in [2.24, 2.45) is 0 Å². The summed E-state index contributed by atoms with van der Waals surface area (Å²) >= 11 is 9.23. The molecule has 1 aliphatic rings. The molecule has 0 atom stereocenters. The zero-order valence-corrected chi connectivity index (χ0v) is 16.4. The van der Waals surface area contributed by atoms with E-state index < -0.39 is 10.0 Å². The molecule has 132 valence electrons. The highest BCUT2D eigenvalue weighted by molar-refractivity contribution is 9.10. The largest absolute Gasteiger partial charge is 0.336 e. The molecule has 1 fully saturated rings. The molecule has 0 radical (unpaired) electrons. The fourth-order valence-electron chi connectivity index (χ4n) is 2.68. The summed E-state index contributed by atoms with van der Waals surface area (Å²) in [5, 5.41) is 0.380. The van der Waals surface area contributed by atoms with Crippen molar-refractivity contribution >= 4 is 43.5 Å². The van der Waals surface area contributed by atoms with Crippen molar-refractivity contribution in [2.75, 3.05) is 26.2 Å². The van der Waals surface area contributed by atoms with E-state index in [0.29, 0.717) is 23.7 Å². The van der Waals surface area contributed by atoms with Crippen LogP contribution in [0.1, 0.15) is 10.4 Å². The quantitative estimate of drug-likeness (QED) is 0.732. The Balaban J connectivity index is 1.69. The molecular formula is C17H16BrClN2O3S. The van der Waals surface area contributed by atoms with Crippen LogP contribution in [-0.2, 0) is 10.0 Å². The van der Waals surface area contributed by atoms with Crippen LogP contribution < -0.4 is 0 Å². The Morgan fingerprint density at radius 2 is 1.64 bits per heavy atom. The van der Waals surface area contributed by atoms with Crippen molar-refractivity contribution in [1.82, 2.24) is 9.21 Å². The second-order valence-electron chi connectivity index (χ2n) is 5.66. The minimum atomic E-state index is -3.60. The molecular weight excluding hydrogens is 428 g/mol. The van der Waals surface area contributed by atoms with Gasteiger partial charge in [-0.05, 0) is 42.5 Å². The lowest BCUT2D eigenvalue weighted by molar-refractivity contribution is 0.0698. The van der Waals surface area contributed by atoms with Crippen LogP contribution in [0.4, 0.5) is 0 Å². The summed E-state index contributed by atoms with van der Waals surface area (Å²) < 4.78 is 27.7. The molecule has 25 heavy (non-hydrogen) atoms. The molecule has 1 heterocycles. The molecule has 2 aromatic rings. The van der Waals surface area contributed by atoms with Crippen LogP contribution in [0.3, 0.4) is 0 Å². The number of hydrogen-bond donors (Lipinski definition) is 0. The Hall–Kier alpha value is -1.41. The molecule has 5 nitrogen and oxygen atoms in total. The van der Waals surface area contributed by atoms with Crippen LogP contribution in [0.2, 0.25) is 5.02 Å². The van der Waals surface area contributed by atoms with Gasteiger partial charge in [-0.15, -0.1) is 0 Å². The van der Waals surface area contributed by atoms with Gasteiger partial charge in [0.15, 0.2) is 0 Å². The standard InChI is InChI=1S/C17H16BrClN2O3S/c18-14-6-4-13(5-7-14)17(22)20-8-10-21(11-9-20)25(23,24)16-3-1-2-15(19)12-16/h1-7,12H,8-11H2. The van der Waals surface area contributed by atoms with E-state index in [4.69, 9.17) is 11.6 Å². The van der Waals surface area contributed by atoms with Gasteiger partial charge in [0.05, 0.1) is 4.90 Å². The van der Waals surface area contributed by atoms with Crippen molar-refractivity contribution in [2.45, 2.75) is 4.90 Å². The number of piperazine rings is 1. The number of sulfonamides is 1. The number of amides is 1. The van der Waals surface area contributed by atoms with Crippen LogP contribution in [-0.4, -0.2) is 49.7 Å². The molecule has 1 amide bonds. The smallest absolute Gasteiger partial charge is 0.253 e. The Bertz CT molecular complexity index is 879. The molecule has 8 heteroatoms. The molecule has 0 unspecified atom stereocenters. The monoisotopic (exact) mass is 442 g/mol. The maximum atomic E-state index is 12.7. The van der Waals surface area contributed by atoms with Crippen LogP contribution in [0, 0.1) is 0 Å². The van der Waals surface area contributed by atoms with Crippen molar-refractivity contribution in [3.63, 3.8) is 0 Å². The lowest BCUT2D eigenvalue weighted by Gasteiger charge is -2.34. The van der Waals surface area contributed by atoms with E-state index in [1.54, 1.807) is 29.2 Å². The minimum absolute atomic E-state index is 0.0905. The first-order chi connectivity index (χ1) is 11.9.